The zero-order chi connectivity index (χ0) is 26.9. The van der Waals surface area contributed by atoms with Crippen LogP contribution in [0.15, 0.2) is 54.7 Å². The number of amides is 1. The molecule has 4 aromatic rings. The second-order valence-corrected chi connectivity index (χ2v) is 11.8. The van der Waals surface area contributed by atoms with Crippen molar-refractivity contribution in [2.24, 2.45) is 0 Å². The predicted molar refractivity (Wildman–Crippen MR) is 142 cm³/mol. The first-order chi connectivity index (χ1) is 18.2. The van der Waals surface area contributed by atoms with Gasteiger partial charge in [-0.05, 0) is 48.8 Å². The SMILES string of the molecule is Cc1nsc(Cc2cnc3ccccc3n2)c1C(=O)Nc1cccc(NS(=O)(=O)C2CN(CC(F)F)C2)c1. The number of rotatable bonds is 9. The summed E-state index contributed by atoms with van der Waals surface area (Å²) in [4.78, 5) is 24.4. The maximum atomic E-state index is 13.2. The highest BCUT2D eigenvalue weighted by molar-refractivity contribution is 7.93. The van der Waals surface area contributed by atoms with E-state index in [1.165, 1.54) is 22.5 Å². The first-order valence-corrected chi connectivity index (χ1v) is 14.1. The number of nitrogens with zero attached hydrogens (tertiary/aromatic N) is 4. The molecule has 13 heteroatoms. The lowest BCUT2D eigenvalue weighted by atomic mass is 10.1. The minimum atomic E-state index is -3.77. The number of para-hydroxylation sites is 2. The van der Waals surface area contributed by atoms with E-state index in [-0.39, 0.29) is 24.7 Å². The van der Waals surface area contributed by atoms with Crippen molar-refractivity contribution in [3.8, 4) is 0 Å². The molecule has 1 amide bonds. The molecule has 1 fully saturated rings. The van der Waals surface area contributed by atoms with E-state index in [2.05, 4.69) is 24.4 Å². The molecule has 0 saturated carbocycles. The Balaban J connectivity index is 1.27. The third kappa shape index (κ3) is 5.79. The van der Waals surface area contributed by atoms with Crippen LogP contribution in [0.1, 0.15) is 26.6 Å². The van der Waals surface area contributed by atoms with Crippen molar-refractivity contribution in [3.63, 3.8) is 0 Å². The molecule has 0 spiro atoms. The molecule has 5 rings (SSSR count). The molecular weight excluding hydrogens is 534 g/mol. The number of fused-ring (bicyclic) bond motifs is 1. The molecule has 0 atom stereocenters. The van der Waals surface area contributed by atoms with Gasteiger partial charge in [0.1, 0.15) is 5.25 Å². The van der Waals surface area contributed by atoms with E-state index in [9.17, 15) is 22.0 Å². The van der Waals surface area contributed by atoms with Crippen LogP contribution in [-0.4, -0.2) is 64.9 Å². The van der Waals surface area contributed by atoms with Crippen LogP contribution in [0.3, 0.4) is 0 Å². The van der Waals surface area contributed by atoms with Gasteiger partial charge in [0.25, 0.3) is 12.3 Å². The average Bonchev–Trinajstić information content (AvgIpc) is 3.20. The standard InChI is InChI=1S/C25H24F2N6O3S2/c1-15-24(22(37-31-15)10-18-11-28-20-7-2-3-8-21(20)29-18)25(34)30-16-5-4-6-17(9-16)32-38(35,36)19-12-33(13-19)14-23(26)27/h2-9,11,19,23,32H,10,12-14H2,1H3,(H,30,34). The van der Waals surface area contributed by atoms with E-state index in [0.29, 0.717) is 29.1 Å². The number of carbonyl (C=O) groups excluding carboxylic acids is 1. The monoisotopic (exact) mass is 558 g/mol. The quantitative estimate of drug-likeness (QED) is 0.320. The summed E-state index contributed by atoms with van der Waals surface area (Å²) >= 11 is 1.22. The molecule has 0 bridgehead atoms. The molecule has 38 heavy (non-hydrogen) atoms. The minimum absolute atomic E-state index is 0.0465. The Bertz CT molecular complexity index is 1590. The van der Waals surface area contributed by atoms with Gasteiger partial charge in [0.15, 0.2) is 0 Å². The van der Waals surface area contributed by atoms with Crippen LogP contribution in [-0.2, 0) is 16.4 Å². The van der Waals surface area contributed by atoms with Crippen LogP contribution in [0.5, 0.6) is 0 Å². The third-order valence-corrected chi connectivity index (χ3v) is 8.77. The molecule has 1 aliphatic rings. The molecular formula is C25H24F2N6O3S2. The molecule has 198 valence electrons. The predicted octanol–water partition coefficient (Wildman–Crippen LogP) is 3.93. The van der Waals surface area contributed by atoms with E-state index in [1.54, 1.807) is 31.3 Å². The summed E-state index contributed by atoms with van der Waals surface area (Å²) in [5.74, 6) is -0.373. The number of anilines is 2. The number of halogens is 2. The van der Waals surface area contributed by atoms with E-state index in [1.807, 2.05) is 24.3 Å². The fourth-order valence-electron chi connectivity index (χ4n) is 4.24. The molecule has 2 aromatic heterocycles. The van der Waals surface area contributed by atoms with Crippen molar-refractivity contribution in [2.45, 2.75) is 25.0 Å². The summed E-state index contributed by atoms with van der Waals surface area (Å²) in [6.07, 6.45) is -0.436. The Morgan fingerprint density at radius 1 is 1.13 bits per heavy atom. The second kappa shape index (κ2) is 10.7. The van der Waals surface area contributed by atoms with Crippen LogP contribution in [0, 0.1) is 6.92 Å². The molecule has 0 aliphatic carbocycles. The highest BCUT2D eigenvalue weighted by Gasteiger charge is 2.38. The van der Waals surface area contributed by atoms with E-state index < -0.39 is 28.2 Å². The highest BCUT2D eigenvalue weighted by atomic mass is 32.2. The Morgan fingerprint density at radius 3 is 2.63 bits per heavy atom. The highest BCUT2D eigenvalue weighted by Crippen LogP contribution is 2.25. The van der Waals surface area contributed by atoms with Gasteiger partial charge in [-0.1, -0.05) is 18.2 Å². The lowest BCUT2D eigenvalue weighted by molar-refractivity contribution is 0.0606. The van der Waals surface area contributed by atoms with E-state index in [0.717, 1.165) is 15.9 Å². The third-order valence-electron chi connectivity index (χ3n) is 6.14. The number of aryl methyl sites for hydroxylation is 1. The summed E-state index contributed by atoms with van der Waals surface area (Å²) in [5.41, 5.74) is 3.93. The van der Waals surface area contributed by atoms with Gasteiger partial charge in [-0.3, -0.25) is 19.4 Å². The Labute approximate surface area is 222 Å². The maximum absolute atomic E-state index is 13.2. The fourth-order valence-corrected chi connectivity index (χ4v) is 6.56. The van der Waals surface area contributed by atoms with Crippen LogP contribution in [0.4, 0.5) is 20.2 Å². The topological polar surface area (TPSA) is 117 Å². The normalized spacial score (nSPS) is 14.5. The number of hydrogen-bond acceptors (Lipinski definition) is 8. The zero-order valence-corrected chi connectivity index (χ0v) is 21.9. The Kier molecular flexibility index (Phi) is 7.32. The smallest absolute Gasteiger partial charge is 0.258 e. The van der Waals surface area contributed by atoms with Gasteiger partial charge in [-0.25, -0.2) is 22.2 Å². The molecule has 3 heterocycles. The van der Waals surface area contributed by atoms with Crippen LogP contribution in [0.25, 0.3) is 11.0 Å². The molecule has 1 aliphatic heterocycles. The summed E-state index contributed by atoms with van der Waals surface area (Å²) in [6.45, 7) is 1.40. The number of benzene rings is 2. The van der Waals surface area contributed by atoms with Gasteiger partial charge in [-0.2, -0.15) is 4.37 Å². The van der Waals surface area contributed by atoms with Gasteiger partial charge >= 0.3 is 0 Å². The molecule has 0 radical (unpaired) electrons. The van der Waals surface area contributed by atoms with Gasteiger partial charge in [-0.15, -0.1) is 0 Å². The number of likely N-dealkylation sites (tertiary alicyclic amines) is 1. The van der Waals surface area contributed by atoms with Crippen molar-refractivity contribution in [1.29, 1.82) is 0 Å². The second-order valence-electron chi connectivity index (χ2n) is 9.01. The first kappa shape index (κ1) is 26.1. The zero-order valence-electron chi connectivity index (χ0n) is 20.3. The number of hydrogen-bond donors (Lipinski definition) is 2. The molecule has 1 saturated heterocycles. The van der Waals surface area contributed by atoms with E-state index in [4.69, 9.17) is 0 Å². The average molecular weight is 559 g/mol. The number of aromatic nitrogens is 3. The number of carbonyl (C=O) groups is 1. The van der Waals surface area contributed by atoms with Crippen molar-refractivity contribution in [3.05, 3.63) is 76.6 Å². The first-order valence-electron chi connectivity index (χ1n) is 11.8. The molecule has 0 unspecified atom stereocenters. The van der Waals surface area contributed by atoms with Gasteiger partial charge in [0, 0.05) is 36.3 Å². The fraction of sp³-hybridized carbons (Fsp3) is 0.280. The van der Waals surface area contributed by atoms with Gasteiger partial charge in [0.2, 0.25) is 10.0 Å². The van der Waals surface area contributed by atoms with Crippen LogP contribution < -0.4 is 10.0 Å². The van der Waals surface area contributed by atoms with Crippen LogP contribution in [0.2, 0.25) is 0 Å². The molecule has 2 aromatic carbocycles. The van der Waals surface area contributed by atoms with Crippen molar-refractivity contribution in [1.82, 2.24) is 19.2 Å². The van der Waals surface area contributed by atoms with Crippen molar-refractivity contribution >= 4 is 49.9 Å². The van der Waals surface area contributed by atoms with Gasteiger partial charge in [0.05, 0.1) is 40.2 Å². The van der Waals surface area contributed by atoms with Gasteiger partial charge < -0.3 is 5.32 Å². The minimum Gasteiger partial charge on any atom is -0.322 e. The largest absolute Gasteiger partial charge is 0.322 e. The number of nitrogens with one attached hydrogen (secondary N) is 2. The number of alkyl halides is 2. The summed E-state index contributed by atoms with van der Waals surface area (Å²) in [5, 5.41) is 2.04. The Morgan fingerprint density at radius 2 is 1.87 bits per heavy atom. The summed E-state index contributed by atoms with van der Waals surface area (Å²) < 4.78 is 57.1. The number of sulfonamides is 1. The van der Waals surface area contributed by atoms with Crippen molar-refractivity contribution in [2.75, 3.05) is 29.7 Å². The van der Waals surface area contributed by atoms with E-state index >= 15 is 0 Å². The molecule has 2 N–H and O–H groups in total. The maximum Gasteiger partial charge on any atom is 0.258 e. The van der Waals surface area contributed by atoms with Crippen molar-refractivity contribution < 1.29 is 22.0 Å². The lowest BCUT2D eigenvalue weighted by Gasteiger charge is -2.38. The van der Waals surface area contributed by atoms with Crippen LogP contribution >= 0.6 is 11.5 Å². The summed E-state index contributed by atoms with van der Waals surface area (Å²) in [7, 11) is -3.77. The Hall–Kier alpha value is -3.55. The lowest BCUT2D eigenvalue weighted by Crippen LogP contribution is -2.57. The molecule has 9 nitrogen and oxygen atoms in total. The summed E-state index contributed by atoms with van der Waals surface area (Å²) in [6, 6.07) is 13.9.